The van der Waals surface area contributed by atoms with Crippen LogP contribution in [0.1, 0.15) is 23.6 Å². The van der Waals surface area contributed by atoms with Crippen molar-refractivity contribution in [3.63, 3.8) is 0 Å². The van der Waals surface area contributed by atoms with Crippen molar-refractivity contribution in [2.45, 2.75) is 31.2 Å². The van der Waals surface area contributed by atoms with Gasteiger partial charge in [-0.2, -0.15) is 26.3 Å². The first-order valence-corrected chi connectivity index (χ1v) is 9.21. The van der Waals surface area contributed by atoms with Gasteiger partial charge in [-0.05, 0) is 42.8 Å². The number of rotatable bonds is 3. The Hall–Kier alpha value is -2.56. The van der Waals surface area contributed by atoms with Crippen LogP contribution in [0.15, 0.2) is 46.9 Å². The lowest BCUT2D eigenvalue weighted by atomic mass is 9.92. The van der Waals surface area contributed by atoms with Crippen molar-refractivity contribution >= 4 is 33.6 Å². The van der Waals surface area contributed by atoms with E-state index in [1.54, 1.807) is 24.3 Å². The fourth-order valence-corrected chi connectivity index (χ4v) is 3.38. The highest BCUT2D eigenvalue weighted by Crippen LogP contribution is 2.39. The summed E-state index contributed by atoms with van der Waals surface area (Å²) in [6.45, 7) is 1.35. The van der Waals surface area contributed by atoms with E-state index in [1.807, 2.05) is 0 Å². The predicted octanol–water partition coefficient (Wildman–Crippen LogP) is 5.54. The molecule has 2 aromatic rings. The number of carbonyl (C=O) groups is 2. The Morgan fingerprint density at radius 3 is 1.90 bits per heavy atom. The van der Waals surface area contributed by atoms with E-state index in [-0.39, 0.29) is 12.5 Å². The summed E-state index contributed by atoms with van der Waals surface area (Å²) in [7, 11) is 0. The van der Waals surface area contributed by atoms with Crippen LogP contribution in [0, 0.1) is 0 Å². The molecule has 1 aliphatic heterocycles. The first kappa shape index (κ1) is 22.1. The van der Waals surface area contributed by atoms with E-state index in [2.05, 4.69) is 21.2 Å². The average Bonchev–Trinajstić information content (AvgIpc) is 2.84. The zero-order valence-electron chi connectivity index (χ0n) is 15.2. The van der Waals surface area contributed by atoms with Crippen LogP contribution in [0.4, 0.5) is 36.8 Å². The zero-order valence-corrected chi connectivity index (χ0v) is 16.7. The molecule has 11 heteroatoms. The van der Waals surface area contributed by atoms with Gasteiger partial charge in [-0.1, -0.05) is 28.1 Å². The molecule has 1 saturated heterocycles. The minimum absolute atomic E-state index is 0.00750. The largest absolute Gasteiger partial charge is 0.416 e. The molecule has 3 amide bonds. The molecule has 1 atom stereocenters. The van der Waals surface area contributed by atoms with Crippen molar-refractivity contribution in [3.8, 4) is 0 Å². The second-order valence-corrected chi connectivity index (χ2v) is 7.89. The van der Waals surface area contributed by atoms with Gasteiger partial charge in [0.25, 0.3) is 5.91 Å². The van der Waals surface area contributed by atoms with Crippen LogP contribution in [0.25, 0.3) is 0 Å². The minimum atomic E-state index is -5.10. The maximum absolute atomic E-state index is 13.1. The molecular weight excluding hydrogens is 482 g/mol. The molecule has 0 spiro atoms. The third-order valence-corrected chi connectivity index (χ3v) is 5.09. The van der Waals surface area contributed by atoms with Crippen molar-refractivity contribution in [1.82, 2.24) is 5.32 Å². The molecule has 0 bridgehead atoms. The molecule has 0 aliphatic carbocycles. The van der Waals surface area contributed by atoms with Crippen LogP contribution >= 0.6 is 15.9 Å². The Kier molecular flexibility index (Phi) is 5.38. The Bertz CT molecular complexity index is 971. The second kappa shape index (κ2) is 7.29. The van der Waals surface area contributed by atoms with Crippen molar-refractivity contribution < 1.29 is 35.9 Å². The van der Waals surface area contributed by atoms with Crippen LogP contribution in [-0.4, -0.2) is 17.5 Å². The highest BCUT2D eigenvalue weighted by atomic mass is 79.9. The van der Waals surface area contributed by atoms with Gasteiger partial charge >= 0.3 is 18.4 Å². The van der Waals surface area contributed by atoms with Crippen LogP contribution < -0.4 is 10.2 Å². The summed E-state index contributed by atoms with van der Waals surface area (Å²) in [6, 6.07) is 6.25. The third-order valence-electron chi connectivity index (χ3n) is 4.56. The number of nitrogens with zero attached hydrogens (tertiary/aromatic N) is 1. The fourth-order valence-electron chi connectivity index (χ4n) is 3.12. The number of alkyl halides is 6. The molecule has 3 rings (SSSR count). The summed E-state index contributed by atoms with van der Waals surface area (Å²) in [6.07, 6.45) is -10.2. The standard InChI is InChI=1S/C19H13BrF6N2O2/c1-17(9-10-2-4-13(20)5-3-10)15(29)28(16(30)27-17)14-7-11(18(21,22)23)6-12(8-14)19(24,25)26/h2-8H,9H2,1H3,(H,27,30). The summed E-state index contributed by atoms with van der Waals surface area (Å²) < 4.78 is 79.5. The molecule has 1 fully saturated rings. The molecule has 1 N–H and O–H groups in total. The number of hydrogen-bond donors (Lipinski definition) is 1. The van der Waals surface area contributed by atoms with Crippen LogP contribution in [0.3, 0.4) is 0 Å². The Morgan fingerprint density at radius 2 is 1.43 bits per heavy atom. The average molecular weight is 495 g/mol. The number of amides is 3. The summed E-state index contributed by atoms with van der Waals surface area (Å²) in [4.78, 5) is 25.6. The van der Waals surface area contributed by atoms with E-state index in [4.69, 9.17) is 0 Å². The topological polar surface area (TPSA) is 49.4 Å². The van der Waals surface area contributed by atoms with Crippen LogP contribution in [0.5, 0.6) is 0 Å². The monoisotopic (exact) mass is 494 g/mol. The maximum Gasteiger partial charge on any atom is 0.416 e. The second-order valence-electron chi connectivity index (χ2n) is 6.97. The highest BCUT2D eigenvalue weighted by molar-refractivity contribution is 9.10. The molecule has 0 saturated carbocycles. The number of urea groups is 1. The number of anilines is 1. The van der Waals surface area contributed by atoms with Gasteiger partial charge in [0.15, 0.2) is 0 Å². The molecule has 30 heavy (non-hydrogen) atoms. The van der Waals surface area contributed by atoms with Crippen LogP contribution in [0.2, 0.25) is 0 Å². The normalized spacial score (nSPS) is 19.9. The molecule has 1 unspecified atom stereocenters. The van der Waals surface area contributed by atoms with Gasteiger partial charge in [0.2, 0.25) is 0 Å². The number of halogens is 7. The van der Waals surface area contributed by atoms with Gasteiger partial charge in [-0.25, -0.2) is 9.69 Å². The number of imide groups is 1. The van der Waals surface area contributed by atoms with E-state index in [0.717, 1.165) is 4.47 Å². The van der Waals surface area contributed by atoms with E-state index in [0.29, 0.717) is 22.6 Å². The smallest absolute Gasteiger partial charge is 0.323 e. The van der Waals surface area contributed by atoms with E-state index >= 15 is 0 Å². The predicted molar refractivity (Wildman–Crippen MR) is 98.7 cm³/mol. The zero-order chi connectivity index (χ0) is 22.5. The van der Waals surface area contributed by atoms with E-state index in [9.17, 15) is 35.9 Å². The summed E-state index contributed by atoms with van der Waals surface area (Å²) in [5.74, 6) is -0.956. The number of carbonyl (C=O) groups excluding carboxylic acids is 2. The van der Waals surface area contributed by atoms with E-state index < -0.39 is 46.6 Å². The maximum atomic E-state index is 13.1. The lowest BCUT2D eigenvalue weighted by molar-refractivity contribution is -0.143. The molecule has 1 aliphatic rings. The lowest BCUT2D eigenvalue weighted by Gasteiger charge is -2.22. The summed E-state index contributed by atoms with van der Waals surface area (Å²) in [5, 5.41) is 2.37. The molecule has 0 radical (unpaired) electrons. The van der Waals surface area contributed by atoms with Gasteiger partial charge in [-0.15, -0.1) is 0 Å². The summed E-state index contributed by atoms with van der Waals surface area (Å²) >= 11 is 3.25. The molecule has 0 aromatic heterocycles. The summed E-state index contributed by atoms with van der Waals surface area (Å²) in [5.41, 5.74) is -4.95. The van der Waals surface area contributed by atoms with Crippen LogP contribution in [-0.2, 0) is 23.6 Å². The minimum Gasteiger partial charge on any atom is -0.323 e. The van der Waals surface area contributed by atoms with E-state index in [1.165, 1.54) is 6.92 Å². The van der Waals surface area contributed by atoms with Crippen molar-refractivity contribution in [2.24, 2.45) is 0 Å². The molecule has 2 aromatic carbocycles. The highest BCUT2D eigenvalue weighted by Gasteiger charge is 2.49. The molecule has 4 nitrogen and oxygen atoms in total. The Balaban J connectivity index is 2.02. The molecule has 1 heterocycles. The Morgan fingerprint density at radius 1 is 0.933 bits per heavy atom. The van der Waals surface area contributed by atoms with Crippen molar-refractivity contribution in [3.05, 3.63) is 63.6 Å². The molecular formula is C19H13BrF6N2O2. The molecule has 160 valence electrons. The number of hydrogen-bond acceptors (Lipinski definition) is 2. The fraction of sp³-hybridized carbons (Fsp3) is 0.263. The lowest BCUT2D eigenvalue weighted by Crippen LogP contribution is -2.46. The van der Waals surface area contributed by atoms with Gasteiger partial charge in [0, 0.05) is 10.9 Å². The van der Waals surface area contributed by atoms with Gasteiger partial charge < -0.3 is 5.32 Å². The Labute approximate surface area is 175 Å². The number of nitrogens with one attached hydrogen (secondary N) is 1. The first-order valence-electron chi connectivity index (χ1n) is 8.41. The first-order chi connectivity index (χ1) is 13.7. The van der Waals surface area contributed by atoms with Crippen molar-refractivity contribution in [2.75, 3.05) is 4.90 Å². The van der Waals surface area contributed by atoms with Gasteiger partial charge in [0.1, 0.15) is 5.54 Å². The SMILES string of the molecule is CC1(Cc2ccc(Br)cc2)NC(=O)N(c2cc(C(F)(F)F)cc(C(F)(F)F)c2)C1=O. The quantitative estimate of drug-likeness (QED) is 0.449. The van der Waals surface area contributed by atoms with Crippen molar-refractivity contribution in [1.29, 1.82) is 0 Å². The van der Waals surface area contributed by atoms with Gasteiger partial charge in [0.05, 0.1) is 16.8 Å². The van der Waals surface area contributed by atoms with Gasteiger partial charge in [-0.3, -0.25) is 4.79 Å². The third kappa shape index (κ3) is 4.30. The number of benzene rings is 2.